The van der Waals surface area contributed by atoms with E-state index in [1.165, 1.54) is 13.5 Å². The van der Waals surface area contributed by atoms with Crippen molar-refractivity contribution < 1.29 is 14.1 Å². The van der Waals surface area contributed by atoms with Crippen LogP contribution in [-0.4, -0.2) is 29.8 Å². The molecular weight excluding hydrogens is 282 g/mol. The van der Waals surface area contributed by atoms with E-state index in [4.69, 9.17) is 11.0 Å². The highest BCUT2D eigenvalue weighted by Crippen LogP contribution is 2.35. The Morgan fingerprint density at radius 1 is 1.70 bits per heavy atom. The largest absolute Gasteiger partial charge is 0.465 e. The van der Waals surface area contributed by atoms with Gasteiger partial charge in [-0.3, -0.25) is 0 Å². The van der Waals surface area contributed by atoms with E-state index in [0.717, 1.165) is 11.3 Å². The molecular formula is C11H11N5O3S. The number of methoxy groups -OCH3 is 1. The van der Waals surface area contributed by atoms with Gasteiger partial charge in [0.15, 0.2) is 5.82 Å². The van der Waals surface area contributed by atoms with E-state index >= 15 is 0 Å². The highest BCUT2D eigenvalue weighted by Gasteiger charge is 2.21. The van der Waals surface area contributed by atoms with Crippen LogP contribution in [0.5, 0.6) is 0 Å². The van der Waals surface area contributed by atoms with E-state index < -0.39 is 5.97 Å². The number of rotatable bonds is 5. The summed E-state index contributed by atoms with van der Waals surface area (Å²) in [7, 11) is 1.26. The van der Waals surface area contributed by atoms with Gasteiger partial charge in [0.1, 0.15) is 21.5 Å². The van der Waals surface area contributed by atoms with Crippen molar-refractivity contribution in [2.75, 3.05) is 24.7 Å². The van der Waals surface area contributed by atoms with Gasteiger partial charge in [0.25, 0.3) is 0 Å². The molecule has 2 rings (SSSR count). The summed E-state index contributed by atoms with van der Waals surface area (Å²) in [5, 5.41) is 16.3. The zero-order valence-corrected chi connectivity index (χ0v) is 11.4. The summed E-state index contributed by atoms with van der Waals surface area (Å²) in [6.07, 6.45) is 1.77. The fourth-order valence-electron chi connectivity index (χ4n) is 1.51. The van der Waals surface area contributed by atoms with Gasteiger partial charge in [-0.25, -0.2) is 4.79 Å². The molecule has 0 spiro atoms. The maximum Gasteiger partial charge on any atom is 0.350 e. The second-order valence-electron chi connectivity index (χ2n) is 3.68. The molecule has 20 heavy (non-hydrogen) atoms. The number of nitriles is 1. The monoisotopic (exact) mass is 293 g/mol. The van der Waals surface area contributed by atoms with Crippen molar-refractivity contribution >= 4 is 28.0 Å². The Labute approximate surface area is 118 Å². The van der Waals surface area contributed by atoms with Crippen LogP contribution in [0.4, 0.5) is 10.7 Å². The number of hydrogen-bond donors (Lipinski definition) is 2. The number of ether oxygens (including phenoxy) is 1. The lowest BCUT2D eigenvalue weighted by molar-refractivity contribution is 0.0607. The second kappa shape index (κ2) is 6.03. The molecule has 0 radical (unpaired) electrons. The summed E-state index contributed by atoms with van der Waals surface area (Å²) >= 11 is 1.08. The summed E-state index contributed by atoms with van der Waals surface area (Å²) in [4.78, 5) is 15.6. The standard InChI is InChI=1S/C11H11N5O3S/c1-18-11(17)9-8(13)6(4-12)10(20-9)14-3-2-7-15-5-19-16-7/h5,14H,2-3,13H2,1H3. The molecule has 104 valence electrons. The number of esters is 1. The van der Waals surface area contributed by atoms with E-state index in [1.54, 1.807) is 0 Å². The normalized spacial score (nSPS) is 10.0. The first-order valence-corrected chi connectivity index (χ1v) is 6.38. The zero-order chi connectivity index (χ0) is 14.5. The molecule has 0 aliphatic carbocycles. The highest BCUT2D eigenvalue weighted by molar-refractivity contribution is 7.18. The number of carbonyl (C=O) groups is 1. The number of nitrogens with zero attached hydrogens (tertiary/aromatic N) is 3. The van der Waals surface area contributed by atoms with Crippen LogP contribution in [0.2, 0.25) is 0 Å². The minimum Gasteiger partial charge on any atom is -0.465 e. The molecule has 0 aliphatic rings. The number of thiophene rings is 1. The Hall–Kier alpha value is -2.60. The Balaban J connectivity index is 2.11. The van der Waals surface area contributed by atoms with Gasteiger partial charge in [0.2, 0.25) is 6.39 Å². The molecule has 0 bridgehead atoms. The van der Waals surface area contributed by atoms with Crippen molar-refractivity contribution in [2.45, 2.75) is 6.42 Å². The molecule has 0 saturated heterocycles. The third-order valence-corrected chi connectivity index (χ3v) is 3.61. The van der Waals surface area contributed by atoms with Gasteiger partial charge in [-0.15, -0.1) is 11.3 Å². The van der Waals surface area contributed by atoms with Crippen LogP contribution in [-0.2, 0) is 11.2 Å². The van der Waals surface area contributed by atoms with Crippen LogP contribution in [0.15, 0.2) is 10.9 Å². The summed E-state index contributed by atoms with van der Waals surface area (Å²) < 4.78 is 9.23. The minimum atomic E-state index is -0.560. The van der Waals surface area contributed by atoms with E-state index in [0.29, 0.717) is 23.8 Å². The lowest BCUT2D eigenvalue weighted by Gasteiger charge is -2.01. The Morgan fingerprint density at radius 2 is 2.50 bits per heavy atom. The molecule has 0 aromatic carbocycles. The number of nitrogen functional groups attached to an aromatic ring is 1. The van der Waals surface area contributed by atoms with Crippen LogP contribution in [0.1, 0.15) is 21.1 Å². The summed E-state index contributed by atoms with van der Waals surface area (Å²) in [5.41, 5.74) is 6.14. The first-order valence-electron chi connectivity index (χ1n) is 5.57. The first kappa shape index (κ1) is 13.8. The molecule has 0 aliphatic heterocycles. The predicted octanol–water partition coefficient (Wildman–Crippen LogP) is 1.03. The summed E-state index contributed by atoms with van der Waals surface area (Å²) in [6, 6.07) is 1.97. The van der Waals surface area contributed by atoms with Crippen molar-refractivity contribution in [2.24, 2.45) is 0 Å². The summed E-state index contributed by atoms with van der Waals surface area (Å²) in [6.45, 7) is 0.481. The van der Waals surface area contributed by atoms with Crippen molar-refractivity contribution in [3.63, 3.8) is 0 Å². The second-order valence-corrected chi connectivity index (χ2v) is 4.70. The molecule has 2 aromatic rings. The molecule has 3 N–H and O–H groups in total. The maximum absolute atomic E-state index is 11.5. The van der Waals surface area contributed by atoms with Gasteiger partial charge < -0.3 is 20.3 Å². The molecule has 0 unspecified atom stereocenters. The fourth-order valence-corrected chi connectivity index (χ4v) is 2.53. The number of nitrogens with one attached hydrogen (secondary N) is 1. The van der Waals surface area contributed by atoms with Crippen molar-refractivity contribution in [1.29, 1.82) is 5.26 Å². The molecule has 0 amide bonds. The lowest BCUT2D eigenvalue weighted by Crippen LogP contribution is -2.05. The predicted molar refractivity (Wildman–Crippen MR) is 71.3 cm³/mol. The van der Waals surface area contributed by atoms with E-state index in [-0.39, 0.29) is 16.1 Å². The average molecular weight is 293 g/mol. The number of aromatic nitrogens is 2. The molecule has 0 fully saturated rings. The van der Waals surface area contributed by atoms with Crippen molar-refractivity contribution in [3.05, 3.63) is 22.7 Å². The minimum absolute atomic E-state index is 0.131. The van der Waals surface area contributed by atoms with Crippen molar-refractivity contribution in [1.82, 2.24) is 10.1 Å². The van der Waals surface area contributed by atoms with E-state index in [9.17, 15) is 4.79 Å². The number of anilines is 2. The molecule has 2 heterocycles. The average Bonchev–Trinajstić information content (AvgIpc) is 3.06. The quantitative estimate of drug-likeness (QED) is 0.782. The Morgan fingerprint density at radius 3 is 3.10 bits per heavy atom. The topological polar surface area (TPSA) is 127 Å². The van der Waals surface area contributed by atoms with Crippen LogP contribution >= 0.6 is 11.3 Å². The molecule has 0 saturated carbocycles. The SMILES string of the molecule is COC(=O)c1sc(NCCc2ncon2)c(C#N)c1N. The van der Waals surface area contributed by atoms with Crippen LogP contribution < -0.4 is 11.1 Å². The molecule has 9 heteroatoms. The van der Waals surface area contributed by atoms with Gasteiger partial charge in [0.05, 0.1) is 12.8 Å². The third kappa shape index (κ3) is 2.70. The third-order valence-electron chi connectivity index (χ3n) is 2.47. The van der Waals surface area contributed by atoms with Gasteiger partial charge in [-0.2, -0.15) is 10.2 Å². The smallest absolute Gasteiger partial charge is 0.350 e. The molecule has 0 atom stereocenters. The summed E-state index contributed by atoms with van der Waals surface area (Å²) in [5.74, 6) is -0.0102. The number of nitrogens with two attached hydrogens (primary N) is 1. The fraction of sp³-hybridized carbons (Fsp3) is 0.273. The van der Waals surface area contributed by atoms with Gasteiger partial charge in [-0.1, -0.05) is 5.16 Å². The molecule has 2 aromatic heterocycles. The zero-order valence-electron chi connectivity index (χ0n) is 10.5. The van der Waals surface area contributed by atoms with Crippen LogP contribution in [0.25, 0.3) is 0 Å². The van der Waals surface area contributed by atoms with Crippen LogP contribution in [0, 0.1) is 11.3 Å². The van der Waals surface area contributed by atoms with Crippen molar-refractivity contribution in [3.8, 4) is 6.07 Å². The number of hydrogen-bond acceptors (Lipinski definition) is 9. The Bertz CT molecular complexity index is 644. The van der Waals surface area contributed by atoms with Gasteiger partial charge in [0, 0.05) is 13.0 Å². The van der Waals surface area contributed by atoms with E-state index in [2.05, 4.69) is 24.7 Å². The van der Waals surface area contributed by atoms with Gasteiger partial charge >= 0.3 is 5.97 Å². The van der Waals surface area contributed by atoms with E-state index in [1.807, 2.05) is 6.07 Å². The van der Waals surface area contributed by atoms with Gasteiger partial charge in [-0.05, 0) is 0 Å². The molecule has 8 nitrogen and oxygen atoms in total. The lowest BCUT2D eigenvalue weighted by atomic mass is 10.2. The number of carbonyl (C=O) groups excluding carboxylic acids is 1. The first-order chi connectivity index (χ1) is 9.67. The van der Waals surface area contributed by atoms with Crippen LogP contribution in [0.3, 0.4) is 0 Å². The highest BCUT2D eigenvalue weighted by atomic mass is 32.1. The maximum atomic E-state index is 11.5. The Kier molecular flexibility index (Phi) is 4.17.